The van der Waals surface area contributed by atoms with Crippen LogP contribution in [0.5, 0.6) is 5.75 Å². The van der Waals surface area contributed by atoms with E-state index in [9.17, 15) is 0 Å². The first-order valence-electron chi connectivity index (χ1n) is 6.24. The molecule has 3 N–H and O–H groups in total. The van der Waals surface area contributed by atoms with E-state index in [1.165, 1.54) is 0 Å². The first kappa shape index (κ1) is 16.0. The molecule has 1 aromatic rings. The summed E-state index contributed by atoms with van der Waals surface area (Å²) in [6, 6.07) is 7.80. The molecule has 1 aliphatic rings. The number of nitrogens with one attached hydrogen (secondary N) is 2. The SMILES string of the molecule is I.OCCOc1ccccc1CNC1=NCCCN1. The number of aliphatic hydroxyl groups excluding tert-OH is 1. The molecule has 6 heteroatoms. The van der Waals surface area contributed by atoms with Crippen molar-refractivity contribution < 1.29 is 9.84 Å². The van der Waals surface area contributed by atoms with E-state index in [4.69, 9.17) is 9.84 Å². The molecule has 0 aliphatic carbocycles. The molecule has 0 bridgehead atoms. The van der Waals surface area contributed by atoms with Crippen LogP contribution in [0.4, 0.5) is 0 Å². The summed E-state index contributed by atoms with van der Waals surface area (Å²) in [4.78, 5) is 4.35. The Hall–Kier alpha value is -1.02. The van der Waals surface area contributed by atoms with E-state index in [2.05, 4.69) is 15.6 Å². The van der Waals surface area contributed by atoms with Crippen LogP contribution in [-0.2, 0) is 6.54 Å². The molecular formula is C13H20IN3O2. The fraction of sp³-hybridized carbons (Fsp3) is 0.462. The van der Waals surface area contributed by atoms with Crippen molar-refractivity contribution in [3.05, 3.63) is 29.8 Å². The molecule has 0 saturated carbocycles. The predicted molar refractivity (Wildman–Crippen MR) is 86.2 cm³/mol. The minimum absolute atomic E-state index is 0. The third-order valence-corrected chi connectivity index (χ3v) is 2.66. The number of aliphatic imine (C=N–C) groups is 1. The number of halogens is 1. The number of nitrogens with zero attached hydrogens (tertiary/aromatic N) is 1. The first-order valence-corrected chi connectivity index (χ1v) is 6.24. The van der Waals surface area contributed by atoms with Crippen LogP contribution in [0.1, 0.15) is 12.0 Å². The Bertz CT molecular complexity index is 413. The van der Waals surface area contributed by atoms with Crippen molar-refractivity contribution in [3.8, 4) is 5.75 Å². The van der Waals surface area contributed by atoms with Gasteiger partial charge < -0.3 is 20.5 Å². The van der Waals surface area contributed by atoms with Gasteiger partial charge in [0.1, 0.15) is 12.4 Å². The Morgan fingerprint density at radius 2 is 2.21 bits per heavy atom. The van der Waals surface area contributed by atoms with E-state index in [1.807, 2.05) is 24.3 Å². The summed E-state index contributed by atoms with van der Waals surface area (Å²) in [6.07, 6.45) is 1.08. The molecule has 0 aromatic heterocycles. The lowest BCUT2D eigenvalue weighted by molar-refractivity contribution is 0.200. The van der Waals surface area contributed by atoms with Crippen molar-refractivity contribution in [2.75, 3.05) is 26.3 Å². The van der Waals surface area contributed by atoms with Gasteiger partial charge in [-0.1, -0.05) is 18.2 Å². The predicted octanol–water partition coefficient (Wildman–Crippen LogP) is 1.11. The Morgan fingerprint density at radius 3 is 2.95 bits per heavy atom. The van der Waals surface area contributed by atoms with Gasteiger partial charge in [0.15, 0.2) is 5.96 Å². The number of ether oxygens (including phenoxy) is 1. The van der Waals surface area contributed by atoms with Crippen molar-refractivity contribution in [2.45, 2.75) is 13.0 Å². The second kappa shape index (κ2) is 8.98. The zero-order chi connectivity index (χ0) is 12.6. The number of aliphatic hydroxyl groups is 1. The van der Waals surface area contributed by atoms with E-state index >= 15 is 0 Å². The summed E-state index contributed by atoms with van der Waals surface area (Å²) in [5, 5.41) is 15.2. The number of hydrogen-bond donors (Lipinski definition) is 3. The van der Waals surface area contributed by atoms with Gasteiger partial charge in [0.2, 0.25) is 0 Å². The Kier molecular flexibility index (Phi) is 7.57. The maximum absolute atomic E-state index is 8.78. The van der Waals surface area contributed by atoms with Crippen LogP contribution in [0.15, 0.2) is 29.3 Å². The Balaban J connectivity index is 0.00000180. The second-order valence-electron chi connectivity index (χ2n) is 4.04. The van der Waals surface area contributed by atoms with Crippen LogP contribution in [-0.4, -0.2) is 37.4 Å². The molecule has 0 fully saturated rings. The van der Waals surface area contributed by atoms with E-state index in [1.54, 1.807) is 0 Å². The fourth-order valence-corrected chi connectivity index (χ4v) is 1.78. The molecule has 0 spiro atoms. The molecule has 2 rings (SSSR count). The molecule has 106 valence electrons. The van der Waals surface area contributed by atoms with Crippen molar-refractivity contribution in [1.29, 1.82) is 0 Å². The van der Waals surface area contributed by atoms with E-state index in [-0.39, 0.29) is 30.6 Å². The van der Waals surface area contributed by atoms with Gasteiger partial charge in [0.05, 0.1) is 6.61 Å². The smallest absolute Gasteiger partial charge is 0.191 e. The summed E-state index contributed by atoms with van der Waals surface area (Å²) in [5.74, 6) is 1.65. The van der Waals surface area contributed by atoms with E-state index in [0.29, 0.717) is 13.2 Å². The molecule has 5 nitrogen and oxygen atoms in total. The van der Waals surface area contributed by atoms with Gasteiger partial charge in [0, 0.05) is 25.2 Å². The third-order valence-electron chi connectivity index (χ3n) is 2.66. The quantitative estimate of drug-likeness (QED) is 0.673. The minimum Gasteiger partial charge on any atom is -0.491 e. The van der Waals surface area contributed by atoms with E-state index < -0.39 is 0 Å². The van der Waals surface area contributed by atoms with Crippen molar-refractivity contribution in [2.24, 2.45) is 4.99 Å². The fourth-order valence-electron chi connectivity index (χ4n) is 1.78. The molecule has 19 heavy (non-hydrogen) atoms. The Labute approximate surface area is 130 Å². The van der Waals surface area contributed by atoms with Crippen LogP contribution in [0.2, 0.25) is 0 Å². The van der Waals surface area contributed by atoms with Crippen molar-refractivity contribution >= 4 is 29.9 Å². The third kappa shape index (κ3) is 5.23. The molecule has 0 radical (unpaired) electrons. The van der Waals surface area contributed by atoms with Gasteiger partial charge in [-0.15, -0.1) is 24.0 Å². The van der Waals surface area contributed by atoms with Crippen LogP contribution in [0.25, 0.3) is 0 Å². The molecule has 0 saturated heterocycles. The molecule has 0 atom stereocenters. The van der Waals surface area contributed by atoms with Crippen molar-refractivity contribution in [3.63, 3.8) is 0 Å². The van der Waals surface area contributed by atoms with Gasteiger partial charge in [-0.25, -0.2) is 0 Å². The lowest BCUT2D eigenvalue weighted by atomic mass is 10.2. The summed E-state index contributed by atoms with van der Waals surface area (Å²) < 4.78 is 5.48. The highest BCUT2D eigenvalue weighted by molar-refractivity contribution is 14.0. The number of rotatable bonds is 5. The highest BCUT2D eigenvalue weighted by atomic mass is 127. The highest BCUT2D eigenvalue weighted by Crippen LogP contribution is 2.17. The monoisotopic (exact) mass is 377 g/mol. The normalized spacial score (nSPS) is 13.8. The standard InChI is InChI=1S/C13H19N3O2.HI/c17-8-9-18-12-5-2-1-4-11(12)10-16-13-14-6-3-7-15-13;/h1-2,4-5,17H,3,6-10H2,(H2,14,15,16);1H. The maximum atomic E-state index is 8.78. The van der Waals surface area contributed by atoms with Gasteiger partial charge in [-0.2, -0.15) is 0 Å². The molecular weight excluding hydrogens is 357 g/mol. The molecule has 0 amide bonds. The molecule has 1 aliphatic heterocycles. The Morgan fingerprint density at radius 1 is 1.37 bits per heavy atom. The van der Waals surface area contributed by atoms with Gasteiger partial charge in [-0.3, -0.25) is 4.99 Å². The molecule has 0 unspecified atom stereocenters. The summed E-state index contributed by atoms with van der Waals surface area (Å²) in [6.45, 7) is 2.84. The van der Waals surface area contributed by atoms with Gasteiger partial charge in [-0.05, 0) is 12.5 Å². The number of benzene rings is 1. The first-order chi connectivity index (χ1) is 8.90. The highest BCUT2D eigenvalue weighted by Gasteiger charge is 2.06. The van der Waals surface area contributed by atoms with Gasteiger partial charge >= 0.3 is 0 Å². The zero-order valence-corrected chi connectivity index (χ0v) is 13.1. The van der Waals surface area contributed by atoms with Crippen LogP contribution < -0.4 is 15.4 Å². The second-order valence-corrected chi connectivity index (χ2v) is 4.04. The average molecular weight is 377 g/mol. The molecule has 1 heterocycles. The largest absolute Gasteiger partial charge is 0.491 e. The van der Waals surface area contributed by atoms with Crippen LogP contribution >= 0.6 is 24.0 Å². The zero-order valence-electron chi connectivity index (χ0n) is 10.8. The summed E-state index contributed by atoms with van der Waals surface area (Å²) >= 11 is 0. The van der Waals surface area contributed by atoms with Gasteiger partial charge in [0.25, 0.3) is 0 Å². The summed E-state index contributed by atoms with van der Waals surface area (Å²) in [7, 11) is 0. The van der Waals surface area contributed by atoms with Crippen molar-refractivity contribution in [1.82, 2.24) is 10.6 Å². The van der Waals surface area contributed by atoms with E-state index in [0.717, 1.165) is 36.8 Å². The van der Waals surface area contributed by atoms with Crippen LogP contribution in [0.3, 0.4) is 0 Å². The summed E-state index contributed by atoms with van der Waals surface area (Å²) in [5.41, 5.74) is 1.06. The minimum atomic E-state index is 0. The lowest BCUT2D eigenvalue weighted by Crippen LogP contribution is -2.40. The lowest BCUT2D eigenvalue weighted by Gasteiger charge is -2.17. The number of hydrogen-bond acceptors (Lipinski definition) is 5. The topological polar surface area (TPSA) is 65.9 Å². The molecule has 1 aromatic carbocycles. The number of guanidine groups is 1. The van der Waals surface area contributed by atoms with Crippen LogP contribution in [0, 0.1) is 0 Å². The average Bonchev–Trinajstić information content (AvgIpc) is 2.45. The number of para-hydroxylation sites is 1. The maximum Gasteiger partial charge on any atom is 0.191 e.